The third kappa shape index (κ3) is 5.71. The van der Waals surface area contributed by atoms with E-state index in [1.807, 2.05) is 0 Å². The molecule has 21 heteroatoms. The summed E-state index contributed by atoms with van der Waals surface area (Å²) >= 11 is 0. The molecule has 174 valence electrons. The van der Waals surface area contributed by atoms with Crippen molar-refractivity contribution in [2.24, 2.45) is 0 Å². The second-order valence-electron chi connectivity index (χ2n) is 5.86. The van der Waals surface area contributed by atoms with E-state index in [2.05, 4.69) is 28.1 Å². The SMILES string of the molecule is [2H][C@@]1(n2cnc3c(N)ncnc32)O[C@H](COP(=O)(O)OP(=O)(O)OP(=O)(O)O)[C@@H](O)[C@H]1O. The van der Waals surface area contributed by atoms with Crippen LogP contribution >= 0.6 is 23.5 Å². The number of nitrogens with zero attached hydrogens (tertiary/aromatic N) is 4. The molecule has 3 heterocycles. The van der Waals surface area contributed by atoms with E-state index in [0.717, 1.165) is 17.2 Å². The van der Waals surface area contributed by atoms with Crippen LogP contribution in [0.5, 0.6) is 0 Å². The Labute approximate surface area is 173 Å². The smallest absolute Gasteiger partial charge is 0.387 e. The summed E-state index contributed by atoms with van der Waals surface area (Å²) in [6, 6.07) is 0. The first-order valence-electron chi connectivity index (χ1n) is 8.31. The van der Waals surface area contributed by atoms with Crippen LogP contribution in [0.2, 0.25) is 0 Å². The van der Waals surface area contributed by atoms with Crippen molar-refractivity contribution >= 4 is 40.4 Å². The Bertz CT molecular complexity index is 1160. The molecule has 31 heavy (non-hydrogen) atoms. The highest BCUT2D eigenvalue weighted by Crippen LogP contribution is 2.66. The summed E-state index contributed by atoms with van der Waals surface area (Å²) < 4.78 is 59.8. The van der Waals surface area contributed by atoms with E-state index in [0.29, 0.717) is 0 Å². The second-order valence-corrected chi connectivity index (χ2v) is 10.3. The lowest BCUT2D eigenvalue weighted by atomic mass is 10.1. The average Bonchev–Trinajstić information content (AvgIpc) is 3.14. The minimum Gasteiger partial charge on any atom is -0.387 e. The zero-order chi connectivity index (χ0) is 24.1. The van der Waals surface area contributed by atoms with Gasteiger partial charge in [0.05, 0.1) is 14.3 Å². The van der Waals surface area contributed by atoms with Crippen LogP contribution in [-0.4, -0.2) is 74.2 Å². The van der Waals surface area contributed by atoms with Gasteiger partial charge in [-0.3, -0.25) is 9.09 Å². The van der Waals surface area contributed by atoms with Crippen molar-refractivity contribution in [3.8, 4) is 0 Å². The normalized spacial score (nSPS) is 31.3. The van der Waals surface area contributed by atoms with Gasteiger partial charge in [-0.25, -0.2) is 28.6 Å². The molecule has 8 N–H and O–H groups in total. The number of hydrogen-bond acceptors (Lipinski definition) is 13. The first-order chi connectivity index (χ1) is 14.5. The van der Waals surface area contributed by atoms with Gasteiger partial charge in [-0.1, -0.05) is 0 Å². The molecule has 18 nitrogen and oxygen atoms in total. The molecule has 1 aliphatic heterocycles. The molecular weight excluding hydrogens is 491 g/mol. The third-order valence-corrected chi connectivity index (χ3v) is 7.45. The summed E-state index contributed by atoms with van der Waals surface area (Å²) in [6.07, 6.45) is -5.96. The molecule has 0 saturated carbocycles. The Morgan fingerprint density at radius 3 is 2.42 bits per heavy atom. The van der Waals surface area contributed by atoms with Crippen LogP contribution in [0.4, 0.5) is 5.82 Å². The molecule has 2 unspecified atom stereocenters. The van der Waals surface area contributed by atoms with E-state index >= 15 is 0 Å². The Balaban J connectivity index is 1.75. The Morgan fingerprint density at radius 2 is 1.77 bits per heavy atom. The molecule has 1 fully saturated rings. The van der Waals surface area contributed by atoms with Crippen molar-refractivity contribution in [3.05, 3.63) is 12.7 Å². The number of phosphoric acid groups is 3. The molecule has 0 aliphatic carbocycles. The van der Waals surface area contributed by atoms with Crippen molar-refractivity contribution in [2.75, 3.05) is 12.3 Å². The summed E-state index contributed by atoms with van der Waals surface area (Å²) in [4.78, 5) is 47.1. The summed E-state index contributed by atoms with van der Waals surface area (Å²) in [5.74, 6) is -0.0467. The van der Waals surface area contributed by atoms with Gasteiger partial charge in [-0.05, 0) is 0 Å². The monoisotopic (exact) mass is 508 g/mol. The minimum absolute atomic E-state index is 0.0467. The van der Waals surface area contributed by atoms with Crippen LogP contribution in [0, 0.1) is 0 Å². The number of aliphatic hydroxyl groups is 2. The molecule has 2 aromatic rings. The second kappa shape index (κ2) is 8.53. The van der Waals surface area contributed by atoms with E-state index in [1.165, 1.54) is 0 Å². The maximum Gasteiger partial charge on any atom is 0.490 e. The van der Waals surface area contributed by atoms with Crippen LogP contribution in [-0.2, 0) is 31.6 Å². The van der Waals surface area contributed by atoms with E-state index in [-0.39, 0.29) is 17.0 Å². The fraction of sp³-hybridized carbons (Fsp3) is 0.500. The lowest BCUT2D eigenvalue weighted by Crippen LogP contribution is -2.33. The predicted molar refractivity (Wildman–Crippen MR) is 95.5 cm³/mol. The number of anilines is 1. The number of fused-ring (bicyclic) bond motifs is 1. The largest absolute Gasteiger partial charge is 0.490 e. The predicted octanol–water partition coefficient (Wildman–Crippen LogP) is -1.63. The van der Waals surface area contributed by atoms with Crippen LogP contribution in [0.15, 0.2) is 12.7 Å². The molecule has 1 aliphatic rings. The van der Waals surface area contributed by atoms with Crippen molar-refractivity contribution in [3.63, 3.8) is 0 Å². The number of ether oxygens (including phenoxy) is 1. The highest BCUT2D eigenvalue weighted by Gasteiger charge is 2.47. The van der Waals surface area contributed by atoms with E-state index < -0.39 is 54.6 Å². The van der Waals surface area contributed by atoms with E-state index in [9.17, 15) is 28.8 Å². The number of phosphoric ester groups is 1. The summed E-state index contributed by atoms with van der Waals surface area (Å²) in [5, 5.41) is 20.5. The van der Waals surface area contributed by atoms with Crippen LogP contribution in [0.1, 0.15) is 7.57 Å². The number of rotatable bonds is 8. The Kier molecular flexibility index (Phi) is 6.28. The third-order valence-electron chi connectivity index (χ3n) is 3.65. The Morgan fingerprint density at radius 1 is 1.10 bits per heavy atom. The molecule has 3 rings (SSSR count). The molecule has 0 spiro atoms. The quantitative estimate of drug-likeness (QED) is 0.197. The average molecular weight is 508 g/mol. The number of imidazole rings is 1. The number of hydrogen-bond donors (Lipinski definition) is 7. The minimum atomic E-state index is -5.75. The number of nitrogen functional groups attached to an aromatic ring is 1. The van der Waals surface area contributed by atoms with Gasteiger partial charge in [0.2, 0.25) is 0 Å². The molecule has 2 aromatic heterocycles. The molecular formula is C10H16N5O13P3. The summed E-state index contributed by atoms with van der Waals surface area (Å²) in [6.45, 7) is -1.09. The van der Waals surface area contributed by atoms with E-state index in [1.54, 1.807) is 0 Å². The number of aliphatic hydroxyl groups excluding tert-OH is 2. The van der Waals surface area contributed by atoms with Crippen LogP contribution in [0.3, 0.4) is 0 Å². The molecule has 0 radical (unpaired) electrons. The van der Waals surface area contributed by atoms with Gasteiger partial charge in [0.15, 0.2) is 17.7 Å². The molecule has 1 saturated heterocycles. The standard InChI is InChI=1S/C10H16N5O13P3/c11-8-5-9(13-2-12-8)15(3-14-5)10-7(17)6(16)4(26-10)1-25-30(21,22)28-31(23,24)27-29(18,19)20/h2-4,6-7,10,16-17H,1H2,(H,21,22)(H,23,24)(H2,11,12,13)(H2,18,19,20)/t4-,6-,7-,10-/m1/s1/i10D. The van der Waals surface area contributed by atoms with Gasteiger partial charge in [0.1, 0.15) is 30.2 Å². The fourth-order valence-corrected chi connectivity index (χ4v) is 5.49. The summed E-state index contributed by atoms with van der Waals surface area (Å²) in [7, 11) is -16.8. The fourth-order valence-electron chi connectivity index (χ4n) is 2.46. The van der Waals surface area contributed by atoms with E-state index in [4.69, 9.17) is 26.5 Å². The lowest BCUT2D eigenvalue weighted by molar-refractivity contribution is -0.0503. The topological polar surface area (TPSA) is 279 Å². The first kappa shape index (κ1) is 22.8. The summed E-state index contributed by atoms with van der Waals surface area (Å²) in [5.41, 5.74) is 5.66. The zero-order valence-corrected chi connectivity index (χ0v) is 17.5. The van der Waals surface area contributed by atoms with Gasteiger partial charge in [-0.15, -0.1) is 0 Å². The van der Waals surface area contributed by atoms with Crippen molar-refractivity contribution < 1.29 is 62.7 Å². The maximum atomic E-state index is 11.8. The number of aromatic nitrogens is 4. The first-order valence-corrected chi connectivity index (χ1v) is 12.3. The van der Waals surface area contributed by atoms with Crippen molar-refractivity contribution in [1.29, 1.82) is 0 Å². The van der Waals surface area contributed by atoms with Gasteiger partial charge >= 0.3 is 23.5 Å². The van der Waals surface area contributed by atoms with Gasteiger partial charge in [0.25, 0.3) is 0 Å². The van der Waals surface area contributed by atoms with Crippen molar-refractivity contribution in [1.82, 2.24) is 19.5 Å². The number of nitrogens with two attached hydrogens (primary N) is 1. The molecule has 0 amide bonds. The molecule has 0 aromatic carbocycles. The van der Waals surface area contributed by atoms with Gasteiger partial charge in [0, 0.05) is 0 Å². The van der Waals surface area contributed by atoms with Crippen LogP contribution < -0.4 is 5.73 Å². The highest BCUT2D eigenvalue weighted by atomic mass is 31.3. The van der Waals surface area contributed by atoms with Gasteiger partial charge in [-0.2, -0.15) is 8.62 Å². The van der Waals surface area contributed by atoms with Gasteiger partial charge < -0.3 is 40.3 Å². The van der Waals surface area contributed by atoms with Crippen molar-refractivity contribution in [2.45, 2.75) is 24.5 Å². The zero-order valence-electron chi connectivity index (χ0n) is 15.8. The molecule has 0 bridgehead atoms. The highest BCUT2D eigenvalue weighted by molar-refractivity contribution is 7.66. The van der Waals surface area contributed by atoms with Crippen LogP contribution in [0.25, 0.3) is 11.2 Å². The molecule has 6 atom stereocenters. The maximum absolute atomic E-state index is 11.8. The lowest BCUT2D eigenvalue weighted by Gasteiger charge is -2.19. The Hall–Kier alpha value is -1.36.